The van der Waals surface area contributed by atoms with E-state index in [2.05, 4.69) is 57.4 Å². The summed E-state index contributed by atoms with van der Waals surface area (Å²) < 4.78 is 1.11. The maximum absolute atomic E-state index is 3.54. The number of H-pyrrole nitrogens is 1. The van der Waals surface area contributed by atoms with Crippen molar-refractivity contribution in [2.24, 2.45) is 0 Å². The third kappa shape index (κ3) is 2.63. The van der Waals surface area contributed by atoms with Crippen LogP contribution in [0.5, 0.6) is 0 Å². The van der Waals surface area contributed by atoms with Crippen LogP contribution in [0.4, 0.5) is 5.69 Å². The smallest absolute Gasteiger partial charge is 0.0551 e. The molecule has 0 unspecified atom stereocenters. The Labute approximate surface area is 97.8 Å². The summed E-state index contributed by atoms with van der Waals surface area (Å²) in [5, 5.41) is 3.36. The summed E-state index contributed by atoms with van der Waals surface area (Å²) in [6.07, 6.45) is 1.93. The number of anilines is 1. The topological polar surface area (TPSA) is 27.8 Å². The number of aromatic nitrogens is 1. The Morgan fingerprint density at radius 1 is 1.33 bits per heavy atom. The van der Waals surface area contributed by atoms with Gasteiger partial charge in [-0.1, -0.05) is 6.07 Å². The Hall–Kier alpha value is -1.22. The highest BCUT2D eigenvalue weighted by Gasteiger charge is 1.99. The fraction of sp³-hybridized carbons (Fsp3) is 0.167. The Morgan fingerprint density at radius 2 is 2.20 bits per heavy atom. The van der Waals surface area contributed by atoms with E-state index in [1.165, 1.54) is 11.3 Å². The molecule has 0 aliphatic carbocycles. The van der Waals surface area contributed by atoms with E-state index in [0.29, 0.717) is 0 Å². The largest absolute Gasteiger partial charge is 0.379 e. The zero-order chi connectivity index (χ0) is 10.7. The fourth-order valence-corrected chi connectivity index (χ4v) is 2.06. The van der Waals surface area contributed by atoms with Crippen molar-refractivity contribution >= 4 is 21.6 Å². The first-order valence-corrected chi connectivity index (χ1v) is 5.67. The van der Waals surface area contributed by atoms with E-state index in [1.54, 1.807) is 0 Å². The lowest BCUT2D eigenvalue weighted by Gasteiger charge is -2.08. The number of aryl methyl sites for hydroxylation is 1. The highest BCUT2D eigenvalue weighted by molar-refractivity contribution is 9.10. The molecule has 0 aliphatic heterocycles. The van der Waals surface area contributed by atoms with Gasteiger partial charge in [-0.3, -0.25) is 0 Å². The number of aromatic amines is 1. The van der Waals surface area contributed by atoms with Crippen molar-refractivity contribution < 1.29 is 0 Å². The second-order valence-corrected chi connectivity index (χ2v) is 4.39. The van der Waals surface area contributed by atoms with Crippen LogP contribution in [-0.2, 0) is 6.54 Å². The molecule has 2 rings (SSSR count). The lowest BCUT2D eigenvalue weighted by molar-refractivity contribution is 1.07. The van der Waals surface area contributed by atoms with Crippen LogP contribution in [0, 0.1) is 6.92 Å². The zero-order valence-electron chi connectivity index (χ0n) is 8.55. The van der Waals surface area contributed by atoms with Gasteiger partial charge in [-0.15, -0.1) is 0 Å². The minimum absolute atomic E-state index is 0.814. The molecular weight excluding hydrogens is 252 g/mol. The van der Waals surface area contributed by atoms with Crippen molar-refractivity contribution in [3.63, 3.8) is 0 Å². The van der Waals surface area contributed by atoms with Crippen molar-refractivity contribution in [3.8, 4) is 0 Å². The third-order valence-corrected chi connectivity index (χ3v) is 2.91. The van der Waals surface area contributed by atoms with Crippen molar-refractivity contribution in [3.05, 3.63) is 52.3 Å². The highest BCUT2D eigenvalue weighted by atomic mass is 79.9. The SMILES string of the molecule is Cc1ccc(NCc2ccc[nH]2)c(Br)c1. The van der Waals surface area contributed by atoms with E-state index >= 15 is 0 Å². The first kappa shape index (κ1) is 10.3. The van der Waals surface area contributed by atoms with E-state index in [9.17, 15) is 0 Å². The molecule has 0 saturated heterocycles. The molecule has 0 saturated carbocycles. The van der Waals surface area contributed by atoms with Crippen molar-refractivity contribution in [2.75, 3.05) is 5.32 Å². The van der Waals surface area contributed by atoms with Crippen LogP contribution in [0.25, 0.3) is 0 Å². The summed E-state index contributed by atoms with van der Waals surface area (Å²) >= 11 is 3.54. The predicted molar refractivity (Wildman–Crippen MR) is 67.0 cm³/mol. The Balaban J connectivity index is 2.05. The molecule has 0 amide bonds. The number of hydrogen-bond donors (Lipinski definition) is 2. The quantitative estimate of drug-likeness (QED) is 0.870. The molecule has 0 spiro atoms. The molecule has 0 aliphatic rings. The van der Waals surface area contributed by atoms with Gasteiger partial charge < -0.3 is 10.3 Å². The van der Waals surface area contributed by atoms with E-state index in [-0.39, 0.29) is 0 Å². The second-order valence-electron chi connectivity index (χ2n) is 3.53. The number of halogens is 1. The lowest BCUT2D eigenvalue weighted by Crippen LogP contribution is -2.00. The van der Waals surface area contributed by atoms with Gasteiger partial charge in [0.1, 0.15) is 0 Å². The van der Waals surface area contributed by atoms with Gasteiger partial charge in [0, 0.05) is 22.1 Å². The number of benzene rings is 1. The molecule has 2 aromatic rings. The van der Waals surface area contributed by atoms with Crippen LogP contribution in [0.15, 0.2) is 41.0 Å². The highest BCUT2D eigenvalue weighted by Crippen LogP contribution is 2.23. The molecule has 0 bridgehead atoms. The summed E-state index contributed by atoms with van der Waals surface area (Å²) in [5.41, 5.74) is 3.56. The molecule has 2 nitrogen and oxygen atoms in total. The first-order chi connectivity index (χ1) is 7.25. The molecule has 3 heteroatoms. The second kappa shape index (κ2) is 4.53. The predicted octanol–water partition coefficient (Wildman–Crippen LogP) is 3.70. The van der Waals surface area contributed by atoms with Gasteiger partial charge in [-0.25, -0.2) is 0 Å². The van der Waals surface area contributed by atoms with Gasteiger partial charge in [0.25, 0.3) is 0 Å². The fourth-order valence-electron chi connectivity index (χ4n) is 1.43. The average Bonchev–Trinajstić information content (AvgIpc) is 2.69. The minimum atomic E-state index is 0.814. The van der Waals surface area contributed by atoms with Crippen LogP contribution in [0.2, 0.25) is 0 Å². The molecule has 2 N–H and O–H groups in total. The van der Waals surface area contributed by atoms with Crippen LogP contribution in [0.3, 0.4) is 0 Å². The van der Waals surface area contributed by atoms with Gasteiger partial charge in [0.05, 0.1) is 6.54 Å². The van der Waals surface area contributed by atoms with Gasteiger partial charge in [0.15, 0.2) is 0 Å². The van der Waals surface area contributed by atoms with E-state index < -0.39 is 0 Å². The van der Waals surface area contributed by atoms with Crippen molar-refractivity contribution in [1.29, 1.82) is 0 Å². The summed E-state index contributed by atoms with van der Waals surface area (Å²) in [4.78, 5) is 3.16. The standard InChI is InChI=1S/C12H13BrN2/c1-9-4-5-12(11(13)7-9)15-8-10-3-2-6-14-10/h2-7,14-15H,8H2,1H3. The normalized spacial score (nSPS) is 10.3. The zero-order valence-corrected chi connectivity index (χ0v) is 10.1. The molecular formula is C12H13BrN2. The maximum atomic E-state index is 3.54. The van der Waals surface area contributed by atoms with E-state index in [4.69, 9.17) is 0 Å². The minimum Gasteiger partial charge on any atom is -0.379 e. The monoisotopic (exact) mass is 264 g/mol. The maximum Gasteiger partial charge on any atom is 0.0551 e. The first-order valence-electron chi connectivity index (χ1n) is 4.88. The molecule has 0 fully saturated rings. The molecule has 0 radical (unpaired) electrons. The number of nitrogens with one attached hydrogen (secondary N) is 2. The lowest BCUT2D eigenvalue weighted by atomic mass is 10.2. The van der Waals surface area contributed by atoms with Crippen molar-refractivity contribution in [1.82, 2.24) is 4.98 Å². The van der Waals surface area contributed by atoms with Gasteiger partial charge in [0.2, 0.25) is 0 Å². The van der Waals surface area contributed by atoms with Crippen LogP contribution >= 0.6 is 15.9 Å². The van der Waals surface area contributed by atoms with Crippen molar-refractivity contribution in [2.45, 2.75) is 13.5 Å². The van der Waals surface area contributed by atoms with E-state index in [1.807, 2.05) is 12.3 Å². The summed E-state index contributed by atoms with van der Waals surface area (Å²) in [7, 11) is 0. The molecule has 78 valence electrons. The van der Waals surface area contributed by atoms with Gasteiger partial charge in [-0.2, -0.15) is 0 Å². The summed E-state index contributed by atoms with van der Waals surface area (Å²) in [5.74, 6) is 0. The Morgan fingerprint density at radius 3 is 2.87 bits per heavy atom. The number of rotatable bonds is 3. The molecule has 0 atom stereocenters. The van der Waals surface area contributed by atoms with Crippen LogP contribution in [0.1, 0.15) is 11.3 Å². The summed E-state index contributed by atoms with van der Waals surface area (Å²) in [6, 6.07) is 10.4. The Kier molecular flexibility index (Phi) is 3.11. The van der Waals surface area contributed by atoms with E-state index in [0.717, 1.165) is 16.7 Å². The summed E-state index contributed by atoms with van der Waals surface area (Å²) in [6.45, 7) is 2.90. The molecule has 15 heavy (non-hydrogen) atoms. The molecule has 1 aromatic heterocycles. The Bertz CT molecular complexity index is 435. The molecule has 1 heterocycles. The van der Waals surface area contributed by atoms with Gasteiger partial charge >= 0.3 is 0 Å². The van der Waals surface area contributed by atoms with Crippen LogP contribution < -0.4 is 5.32 Å². The third-order valence-electron chi connectivity index (χ3n) is 2.26. The van der Waals surface area contributed by atoms with Gasteiger partial charge in [-0.05, 0) is 52.7 Å². The van der Waals surface area contributed by atoms with Crippen LogP contribution in [-0.4, -0.2) is 4.98 Å². The number of hydrogen-bond acceptors (Lipinski definition) is 1. The average molecular weight is 265 g/mol. The molecule has 1 aromatic carbocycles.